The van der Waals surface area contributed by atoms with Gasteiger partial charge in [0.05, 0.1) is 32.5 Å². The minimum absolute atomic E-state index is 0.178. The molecule has 2 aliphatic heterocycles. The Hall–Kier alpha value is -2.92. The molecule has 5 atom stereocenters. The number of fused-ring (bicyclic) bond motifs is 1. The molecule has 45 heavy (non-hydrogen) atoms. The molecule has 1 saturated carbocycles. The molecule has 0 bridgehead atoms. The highest BCUT2D eigenvalue weighted by atomic mass is 19.1. The third kappa shape index (κ3) is 7.91. The van der Waals surface area contributed by atoms with Crippen molar-refractivity contribution in [1.82, 2.24) is 15.1 Å². The van der Waals surface area contributed by atoms with Crippen LogP contribution in [0, 0.1) is 11.2 Å². The Morgan fingerprint density at radius 2 is 1.84 bits per heavy atom. The van der Waals surface area contributed by atoms with Crippen LogP contribution in [0.4, 0.5) is 9.18 Å². The Morgan fingerprint density at radius 1 is 1.11 bits per heavy atom. The summed E-state index contributed by atoms with van der Waals surface area (Å²) in [6.45, 7) is 13.0. The molecule has 2 heterocycles. The summed E-state index contributed by atoms with van der Waals surface area (Å²) in [7, 11) is 1.64. The van der Waals surface area contributed by atoms with Crippen LogP contribution in [-0.2, 0) is 16.0 Å². The SMILES string of the molecule is COc1cc(CN[C@H]2CCC[C@H]3N(C(=O)OC(C)(C)C)[C@@H](c4ccc(F)cc4)C[C@@]3(C)[C@@H]2O)ccc1OCCN1CCOCC1. The van der Waals surface area contributed by atoms with Crippen LogP contribution in [0.2, 0.25) is 0 Å². The highest BCUT2D eigenvalue weighted by Gasteiger charge is 2.57. The van der Waals surface area contributed by atoms with Gasteiger partial charge in [0, 0.05) is 43.7 Å². The maximum atomic E-state index is 13.8. The van der Waals surface area contributed by atoms with Crippen molar-refractivity contribution in [2.75, 3.05) is 46.6 Å². The van der Waals surface area contributed by atoms with Gasteiger partial charge in [-0.15, -0.1) is 0 Å². The molecule has 2 saturated heterocycles. The molecule has 10 heteroatoms. The standard InChI is InChI=1S/C35H50FN3O6/c1-34(2,3)45-33(41)39-28(25-10-12-26(36)13-11-25)22-35(4)31(39)8-6-7-27(32(35)40)37-23-24-9-14-29(30(21-24)42-5)44-20-17-38-15-18-43-19-16-38/h9-14,21,27-28,31-32,37,40H,6-8,15-20,22-23H2,1-5H3/t27-,28+,31+,32+,35+/m0/s1. The third-order valence-corrected chi connectivity index (χ3v) is 9.54. The molecule has 9 nitrogen and oxygen atoms in total. The fraction of sp³-hybridized carbons (Fsp3) is 0.629. The molecule has 1 aliphatic carbocycles. The monoisotopic (exact) mass is 627 g/mol. The number of nitrogens with one attached hydrogen (secondary N) is 1. The molecule has 3 fully saturated rings. The zero-order valence-electron chi connectivity index (χ0n) is 27.4. The number of carbonyl (C=O) groups is 1. The van der Waals surface area contributed by atoms with Crippen LogP contribution in [0.25, 0.3) is 0 Å². The van der Waals surface area contributed by atoms with Gasteiger partial charge in [-0.1, -0.05) is 25.1 Å². The van der Waals surface area contributed by atoms with Crippen molar-refractivity contribution in [2.45, 2.75) is 89.8 Å². The number of hydrogen-bond acceptors (Lipinski definition) is 8. The van der Waals surface area contributed by atoms with Gasteiger partial charge in [0.25, 0.3) is 0 Å². The zero-order valence-corrected chi connectivity index (χ0v) is 27.4. The van der Waals surface area contributed by atoms with Crippen LogP contribution in [0.1, 0.15) is 70.5 Å². The van der Waals surface area contributed by atoms with E-state index >= 15 is 0 Å². The number of rotatable bonds is 9. The van der Waals surface area contributed by atoms with Crippen LogP contribution < -0.4 is 14.8 Å². The first-order valence-corrected chi connectivity index (χ1v) is 16.3. The molecular formula is C35H50FN3O6. The third-order valence-electron chi connectivity index (χ3n) is 9.54. The van der Waals surface area contributed by atoms with E-state index in [1.807, 2.05) is 43.9 Å². The van der Waals surface area contributed by atoms with Crippen LogP contribution in [0.3, 0.4) is 0 Å². The number of aliphatic hydroxyl groups is 1. The van der Waals surface area contributed by atoms with Gasteiger partial charge in [-0.2, -0.15) is 0 Å². The highest BCUT2D eigenvalue weighted by molar-refractivity contribution is 5.70. The van der Waals surface area contributed by atoms with E-state index in [2.05, 4.69) is 17.1 Å². The van der Waals surface area contributed by atoms with Crippen molar-refractivity contribution >= 4 is 6.09 Å². The van der Waals surface area contributed by atoms with E-state index < -0.39 is 23.2 Å². The van der Waals surface area contributed by atoms with Crippen LogP contribution >= 0.6 is 0 Å². The van der Waals surface area contributed by atoms with E-state index in [0.29, 0.717) is 31.1 Å². The molecular weight excluding hydrogens is 577 g/mol. The van der Waals surface area contributed by atoms with Crippen molar-refractivity contribution < 1.29 is 33.2 Å². The highest BCUT2D eigenvalue weighted by Crippen LogP contribution is 2.54. The number of aliphatic hydroxyl groups excluding tert-OH is 1. The van der Waals surface area contributed by atoms with Crippen molar-refractivity contribution in [1.29, 1.82) is 0 Å². The largest absolute Gasteiger partial charge is 0.493 e. The molecule has 1 amide bonds. The van der Waals surface area contributed by atoms with E-state index in [1.54, 1.807) is 19.2 Å². The number of likely N-dealkylation sites (tertiary alicyclic amines) is 1. The minimum atomic E-state index is -0.718. The first kappa shape index (κ1) is 33.4. The Labute approximate surface area is 267 Å². The molecule has 2 aromatic carbocycles. The Bertz CT molecular complexity index is 1280. The Kier molecular flexibility index (Phi) is 10.6. The van der Waals surface area contributed by atoms with Gasteiger partial charge >= 0.3 is 6.09 Å². The van der Waals surface area contributed by atoms with E-state index in [4.69, 9.17) is 18.9 Å². The minimum Gasteiger partial charge on any atom is -0.493 e. The topological polar surface area (TPSA) is 92.7 Å². The second kappa shape index (κ2) is 14.2. The van der Waals surface area contributed by atoms with E-state index in [0.717, 1.165) is 63.2 Å². The van der Waals surface area contributed by atoms with E-state index in [1.165, 1.54) is 12.1 Å². The Balaban J connectivity index is 1.27. The summed E-state index contributed by atoms with van der Waals surface area (Å²) in [5, 5.41) is 15.6. The fourth-order valence-corrected chi connectivity index (χ4v) is 7.17. The summed E-state index contributed by atoms with van der Waals surface area (Å²) in [5.74, 6) is 1.06. The van der Waals surface area contributed by atoms with Crippen molar-refractivity contribution in [3.05, 3.63) is 59.4 Å². The number of nitrogens with zero attached hydrogens (tertiary/aromatic N) is 2. The molecule has 2 aromatic rings. The summed E-state index contributed by atoms with van der Waals surface area (Å²) in [6, 6.07) is 11.5. The molecule has 3 aliphatic rings. The summed E-state index contributed by atoms with van der Waals surface area (Å²) in [4.78, 5) is 17.8. The number of ether oxygens (including phenoxy) is 4. The molecule has 0 spiro atoms. The lowest BCUT2D eigenvalue weighted by molar-refractivity contribution is -0.0186. The van der Waals surface area contributed by atoms with E-state index in [-0.39, 0.29) is 23.9 Å². The predicted molar refractivity (Wildman–Crippen MR) is 170 cm³/mol. The van der Waals surface area contributed by atoms with Crippen LogP contribution in [-0.4, -0.2) is 91.4 Å². The van der Waals surface area contributed by atoms with E-state index in [9.17, 15) is 14.3 Å². The quantitative estimate of drug-likeness (QED) is 0.387. The lowest BCUT2D eigenvalue weighted by Crippen LogP contribution is -2.52. The number of amides is 1. The lowest BCUT2D eigenvalue weighted by atomic mass is 9.74. The molecule has 0 aromatic heterocycles. The van der Waals surface area contributed by atoms with Crippen LogP contribution in [0.5, 0.6) is 11.5 Å². The maximum Gasteiger partial charge on any atom is 0.411 e. The van der Waals surface area contributed by atoms with Gasteiger partial charge in [0.15, 0.2) is 11.5 Å². The number of benzene rings is 2. The average molecular weight is 628 g/mol. The number of carbonyl (C=O) groups excluding carboxylic acids is 1. The Morgan fingerprint density at radius 3 is 2.53 bits per heavy atom. The number of hydrogen-bond donors (Lipinski definition) is 2. The van der Waals surface area contributed by atoms with Crippen LogP contribution in [0.15, 0.2) is 42.5 Å². The van der Waals surface area contributed by atoms with Gasteiger partial charge in [-0.05, 0) is 81.8 Å². The second-order valence-electron chi connectivity index (χ2n) is 13.8. The summed E-state index contributed by atoms with van der Waals surface area (Å²) in [6.07, 6.45) is 1.79. The fourth-order valence-electron chi connectivity index (χ4n) is 7.17. The van der Waals surface area contributed by atoms with Gasteiger partial charge in [0.1, 0.15) is 18.0 Å². The second-order valence-corrected chi connectivity index (χ2v) is 13.8. The molecule has 0 radical (unpaired) electrons. The first-order valence-electron chi connectivity index (χ1n) is 16.3. The molecule has 2 N–H and O–H groups in total. The molecule has 0 unspecified atom stereocenters. The summed E-state index contributed by atoms with van der Waals surface area (Å²) < 4.78 is 36.8. The lowest BCUT2D eigenvalue weighted by Gasteiger charge is -2.39. The van der Waals surface area contributed by atoms with Crippen molar-refractivity contribution in [3.63, 3.8) is 0 Å². The summed E-state index contributed by atoms with van der Waals surface area (Å²) in [5.41, 5.74) is 0.602. The summed E-state index contributed by atoms with van der Waals surface area (Å²) >= 11 is 0. The zero-order chi connectivity index (χ0) is 32.2. The van der Waals surface area contributed by atoms with Gasteiger partial charge in [-0.3, -0.25) is 9.80 Å². The maximum absolute atomic E-state index is 13.8. The number of methoxy groups -OCH3 is 1. The predicted octanol–water partition coefficient (Wildman–Crippen LogP) is 5.31. The van der Waals surface area contributed by atoms with Crippen molar-refractivity contribution in [3.8, 4) is 11.5 Å². The first-order chi connectivity index (χ1) is 21.5. The normalized spacial score (nSPS) is 27.5. The van der Waals surface area contributed by atoms with Gasteiger partial charge < -0.3 is 29.4 Å². The number of morpholine rings is 1. The van der Waals surface area contributed by atoms with Gasteiger partial charge in [0.2, 0.25) is 0 Å². The molecule has 248 valence electrons. The van der Waals surface area contributed by atoms with Crippen molar-refractivity contribution in [2.24, 2.45) is 5.41 Å². The average Bonchev–Trinajstić information content (AvgIpc) is 3.26. The number of halogens is 1. The smallest absolute Gasteiger partial charge is 0.411 e. The molecule has 5 rings (SSSR count). The van der Waals surface area contributed by atoms with Gasteiger partial charge in [-0.25, -0.2) is 9.18 Å².